The van der Waals surface area contributed by atoms with Crippen LogP contribution in [0.1, 0.15) is 29.5 Å². The Hall–Kier alpha value is -3.31. The maximum Gasteiger partial charge on any atom is 0.235 e. The molecule has 1 fully saturated rings. The second kappa shape index (κ2) is 7.18. The van der Waals surface area contributed by atoms with Crippen LogP contribution in [0.25, 0.3) is 11.1 Å². The Balaban J connectivity index is 1.39. The fourth-order valence-corrected chi connectivity index (χ4v) is 4.05. The Morgan fingerprint density at radius 1 is 1.00 bits per heavy atom. The predicted molar refractivity (Wildman–Crippen MR) is 117 cm³/mol. The van der Waals surface area contributed by atoms with Crippen molar-refractivity contribution in [3.63, 3.8) is 0 Å². The molecule has 30 heavy (non-hydrogen) atoms. The van der Waals surface area contributed by atoms with Crippen LogP contribution in [0.5, 0.6) is 11.5 Å². The Bertz CT molecular complexity index is 1120. The van der Waals surface area contributed by atoms with Crippen molar-refractivity contribution in [3.8, 4) is 22.6 Å². The molecular formula is C25H24N2O3. The first kappa shape index (κ1) is 18.7. The molecule has 1 saturated carbocycles. The molecule has 1 heterocycles. The van der Waals surface area contributed by atoms with Gasteiger partial charge in [0.15, 0.2) is 11.5 Å². The second-order valence-corrected chi connectivity index (χ2v) is 8.04. The first-order valence-corrected chi connectivity index (χ1v) is 10.2. The number of ether oxygens (including phenoxy) is 2. The number of nitrogens with two attached hydrogens (primary N) is 1. The molecule has 5 rings (SSSR count). The molecular weight excluding hydrogens is 376 g/mol. The molecule has 1 aliphatic carbocycles. The van der Waals surface area contributed by atoms with Gasteiger partial charge in [0.2, 0.25) is 12.7 Å². The summed E-state index contributed by atoms with van der Waals surface area (Å²) in [7, 11) is 0. The van der Waals surface area contributed by atoms with Crippen molar-refractivity contribution in [2.75, 3.05) is 12.1 Å². The number of nitrogens with one attached hydrogen (secondary N) is 1. The minimum atomic E-state index is -0.491. The Morgan fingerprint density at radius 3 is 2.50 bits per heavy atom. The van der Waals surface area contributed by atoms with Gasteiger partial charge < -0.3 is 20.5 Å². The minimum absolute atomic E-state index is 0.0228. The van der Waals surface area contributed by atoms with E-state index in [0.717, 1.165) is 52.1 Å². The van der Waals surface area contributed by atoms with Gasteiger partial charge in [-0.25, -0.2) is 0 Å². The zero-order chi connectivity index (χ0) is 20.7. The maximum absolute atomic E-state index is 13.2. The summed E-state index contributed by atoms with van der Waals surface area (Å²) in [6, 6.07) is 20.1. The van der Waals surface area contributed by atoms with Gasteiger partial charge in [0, 0.05) is 12.2 Å². The van der Waals surface area contributed by atoms with Gasteiger partial charge in [-0.15, -0.1) is 0 Å². The molecule has 5 nitrogen and oxygen atoms in total. The smallest absolute Gasteiger partial charge is 0.235 e. The van der Waals surface area contributed by atoms with Crippen LogP contribution in [0.3, 0.4) is 0 Å². The highest BCUT2D eigenvalue weighted by Crippen LogP contribution is 2.51. The van der Waals surface area contributed by atoms with Gasteiger partial charge in [-0.05, 0) is 71.8 Å². The topological polar surface area (TPSA) is 73.6 Å². The number of hydrogen-bond donors (Lipinski definition) is 2. The zero-order valence-electron chi connectivity index (χ0n) is 16.9. The van der Waals surface area contributed by atoms with E-state index in [1.165, 1.54) is 0 Å². The molecule has 3 aromatic rings. The average Bonchev–Trinajstić information content (AvgIpc) is 3.46. The van der Waals surface area contributed by atoms with Crippen LogP contribution in [0.2, 0.25) is 0 Å². The fraction of sp³-hybridized carbons (Fsp3) is 0.240. The number of rotatable bonds is 5. The molecule has 2 aliphatic rings. The van der Waals surface area contributed by atoms with E-state index < -0.39 is 5.41 Å². The number of benzene rings is 3. The third kappa shape index (κ3) is 3.21. The van der Waals surface area contributed by atoms with Crippen molar-refractivity contribution >= 4 is 11.6 Å². The Labute approximate surface area is 175 Å². The normalized spacial score (nSPS) is 15.7. The number of hydrogen-bond acceptors (Lipinski definition) is 4. The van der Waals surface area contributed by atoms with Gasteiger partial charge >= 0.3 is 0 Å². The van der Waals surface area contributed by atoms with Gasteiger partial charge in [0.05, 0.1) is 5.41 Å². The molecule has 152 valence electrons. The van der Waals surface area contributed by atoms with Crippen molar-refractivity contribution in [2.45, 2.75) is 31.7 Å². The van der Waals surface area contributed by atoms with Gasteiger partial charge in [0.1, 0.15) is 0 Å². The number of carbonyl (C=O) groups is 1. The summed E-state index contributed by atoms with van der Waals surface area (Å²) in [6.07, 6.45) is 1.66. The third-order valence-electron chi connectivity index (χ3n) is 6.11. The number of carbonyl (C=O) groups excluding carboxylic acids is 1. The Morgan fingerprint density at radius 2 is 1.77 bits per heavy atom. The lowest BCUT2D eigenvalue weighted by molar-refractivity contribution is -0.118. The molecule has 1 aliphatic heterocycles. The summed E-state index contributed by atoms with van der Waals surface area (Å²) in [6.45, 7) is 2.83. The molecule has 0 saturated heterocycles. The van der Waals surface area contributed by atoms with Crippen LogP contribution >= 0.6 is 0 Å². The first-order valence-electron chi connectivity index (χ1n) is 10.2. The molecule has 5 heteroatoms. The summed E-state index contributed by atoms with van der Waals surface area (Å²) < 4.78 is 10.9. The van der Waals surface area contributed by atoms with E-state index in [1.54, 1.807) is 0 Å². The van der Waals surface area contributed by atoms with Crippen molar-refractivity contribution < 1.29 is 14.3 Å². The van der Waals surface area contributed by atoms with Crippen LogP contribution in [-0.4, -0.2) is 12.7 Å². The van der Waals surface area contributed by atoms with Gasteiger partial charge in [-0.2, -0.15) is 0 Å². The van der Waals surface area contributed by atoms with E-state index >= 15 is 0 Å². The third-order valence-corrected chi connectivity index (χ3v) is 6.11. The Kier molecular flexibility index (Phi) is 4.48. The number of anilines is 1. The SMILES string of the molecule is Cc1ccc(NC(=O)C2(c3ccc4c(c3)OCO4)CC2)cc1-c1ccc(CN)cc1. The standard InChI is InChI=1S/C25H24N2O3/c1-16-2-8-20(13-21(16)18-5-3-17(14-26)4-6-18)27-24(28)25(10-11-25)19-7-9-22-23(12-19)30-15-29-22/h2-9,12-13H,10-11,14-15,26H2,1H3,(H,27,28). The molecule has 1 amide bonds. The molecule has 0 bridgehead atoms. The molecule has 0 unspecified atom stereocenters. The summed E-state index contributed by atoms with van der Waals surface area (Å²) in [5, 5.41) is 3.14. The number of aryl methyl sites for hydroxylation is 1. The number of fused-ring (bicyclic) bond motifs is 1. The zero-order valence-corrected chi connectivity index (χ0v) is 16.9. The van der Waals surface area contributed by atoms with Crippen LogP contribution in [-0.2, 0) is 16.8 Å². The van der Waals surface area contributed by atoms with Crippen LogP contribution < -0.4 is 20.5 Å². The first-order chi connectivity index (χ1) is 14.6. The summed E-state index contributed by atoms with van der Waals surface area (Å²) in [4.78, 5) is 13.2. The lowest BCUT2D eigenvalue weighted by Crippen LogP contribution is -2.27. The van der Waals surface area contributed by atoms with Gasteiger partial charge in [-0.3, -0.25) is 4.79 Å². The van der Waals surface area contributed by atoms with Crippen molar-refractivity contribution in [2.24, 2.45) is 5.73 Å². The minimum Gasteiger partial charge on any atom is -0.454 e. The lowest BCUT2D eigenvalue weighted by Gasteiger charge is -2.17. The van der Waals surface area contributed by atoms with Gasteiger partial charge in [-0.1, -0.05) is 36.4 Å². The highest BCUT2D eigenvalue weighted by Gasteiger charge is 2.51. The molecule has 0 spiro atoms. The average molecular weight is 400 g/mol. The maximum atomic E-state index is 13.2. The van der Waals surface area contributed by atoms with Crippen molar-refractivity contribution in [1.29, 1.82) is 0 Å². The largest absolute Gasteiger partial charge is 0.454 e. The van der Waals surface area contributed by atoms with E-state index in [1.807, 2.05) is 48.5 Å². The highest BCUT2D eigenvalue weighted by atomic mass is 16.7. The monoisotopic (exact) mass is 400 g/mol. The van der Waals surface area contributed by atoms with Crippen LogP contribution in [0.4, 0.5) is 5.69 Å². The molecule has 0 aromatic heterocycles. The second-order valence-electron chi connectivity index (χ2n) is 8.04. The fourth-order valence-electron chi connectivity index (χ4n) is 4.05. The van der Waals surface area contributed by atoms with Gasteiger partial charge in [0.25, 0.3) is 0 Å². The van der Waals surface area contributed by atoms with Crippen LogP contribution in [0.15, 0.2) is 60.7 Å². The number of amides is 1. The van der Waals surface area contributed by atoms with Crippen LogP contribution in [0, 0.1) is 6.92 Å². The predicted octanol–water partition coefficient (Wildman–Crippen LogP) is 4.52. The van der Waals surface area contributed by atoms with Crippen molar-refractivity contribution in [3.05, 3.63) is 77.4 Å². The van der Waals surface area contributed by atoms with E-state index in [-0.39, 0.29) is 12.7 Å². The van der Waals surface area contributed by atoms with E-state index in [9.17, 15) is 4.79 Å². The highest BCUT2D eigenvalue weighted by molar-refractivity contribution is 6.02. The molecule has 0 atom stereocenters. The van der Waals surface area contributed by atoms with E-state index in [2.05, 4.69) is 24.4 Å². The van der Waals surface area contributed by atoms with E-state index in [0.29, 0.717) is 12.3 Å². The van der Waals surface area contributed by atoms with E-state index in [4.69, 9.17) is 15.2 Å². The molecule has 0 radical (unpaired) electrons. The summed E-state index contributed by atoms with van der Waals surface area (Å²) >= 11 is 0. The quantitative estimate of drug-likeness (QED) is 0.660. The lowest BCUT2D eigenvalue weighted by atomic mass is 9.94. The van der Waals surface area contributed by atoms with Crippen molar-refractivity contribution in [1.82, 2.24) is 0 Å². The summed E-state index contributed by atoms with van der Waals surface area (Å²) in [5.41, 5.74) is 11.5. The molecule has 3 N–H and O–H groups in total. The molecule has 3 aromatic carbocycles. The summed E-state index contributed by atoms with van der Waals surface area (Å²) in [5.74, 6) is 1.47.